The van der Waals surface area contributed by atoms with E-state index in [9.17, 15) is 0 Å². The fourth-order valence-corrected chi connectivity index (χ4v) is 3.35. The van der Waals surface area contributed by atoms with Gasteiger partial charge in [-0.05, 0) is 12.1 Å². The minimum atomic E-state index is 0.0718. The fourth-order valence-electron chi connectivity index (χ4n) is 1.86. The van der Waals surface area contributed by atoms with Crippen molar-refractivity contribution in [1.82, 2.24) is 15.1 Å². The minimum absolute atomic E-state index is 0.0718. The third kappa shape index (κ3) is 2.11. The molecule has 0 aliphatic carbocycles. The molecule has 7 heteroatoms. The van der Waals surface area contributed by atoms with Crippen LogP contribution < -0.4 is 5.73 Å². The van der Waals surface area contributed by atoms with Crippen LogP contribution in [-0.2, 0) is 0 Å². The molecule has 0 spiro atoms. The van der Waals surface area contributed by atoms with Crippen molar-refractivity contribution < 1.29 is 4.52 Å². The average Bonchev–Trinajstić information content (AvgIpc) is 2.98. The summed E-state index contributed by atoms with van der Waals surface area (Å²) in [7, 11) is 0. The molecule has 2 unspecified atom stereocenters. The maximum atomic E-state index is 6.04. The van der Waals surface area contributed by atoms with Gasteiger partial charge in [0, 0.05) is 23.7 Å². The zero-order valence-corrected chi connectivity index (χ0v) is 11.0. The molecule has 2 N–H and O–H groups in total. The van der Waals surface area contributed by atoms with Gasteiger partial charge in [-0.2, -0.15) is 16.7 Å². The van der Waals surface area contributed by atoms with Crippen molar-refractivity contribution >= 4 is 23.4 Å². The summed E-state index contributed by atoms with van der Waals surface area (Å²) in [5, 5.41) is 4.44. The highest BCUT2D eigenvalue weighted by atomic mass is 35.5. The molecule has 0 amide bonds. The molecule has 0 saturated carbocycles. The summed E-state index contributed by atoms with van der Waals surface area (Å²) in [6.07, 6.45) is 1.65. The number of nitrogens with zero attached hydrogens (tertiary/aromatic N) is 3. The highest BCUT2D eigenvalue weighted by Gasteiger charge is 2.31. The molecule has 0 radical (unpaired) electrons. The van der Waals surface area contributed by atoms with Gasteiger partial charge in [-0.25, -0.2) is 0 Å². The maximum Gasteiger partial charge on any atom is 0.232 e. The fraction of sp³-hybridized carbons (Fsp3) is 0.364. The standard InChI is InChI=1S/C11H11ClN4OS/c12-7-2-1-3-14-9(7)10-15-11(17-16-10)6-4-18-5-8(6)13/h1-3,6,8H,4-5,13H2. The predicted molar refractivity (Wildman–Crippen MR) is 70.6 cm³/mol. The lowest BCUT2D eigenvalue weighted by molar-refractivity contribution is 0.352. The van der Waals surface area contributed by atoms with E-state index in [0.29, 0.717) is 22.4 Å². The molecule has 94 valence electrons. The van der Waals surface area contributed by atoms with Crippen molar-refractivity contribution in [3.05, 3.63) is 29.2 Å². The maximum absolute atomic E-state index is 6.04. The number of hydrogen-bond donors (Lipinski definition) is 1. The molecule has 18 heavy (non-hydrogen) atoms. The number of halogens is 1. The number of thioether (sulfide) groups is 1. The van der Waals surface area contributed by atoms with Crippen LogP contribution >= 0.6 is 23.4 Å². The van der Waals surface area contributed by atoms with Gasteiger partial charge in [-0.1, -0.05) is 16.8 Å². The Hall–Kier alpha value is -1.11. The Morgan fingerprint density at radius 2 is 2.33 bits per heavy atom. The molecule has 1 aliphatic heterocycles. The molecule has 2 atom stereocenters. The topological polar surface area (TPSA) is 77.8 Å². The van der Waals surface area contributed by atoms with E-state index in [4.69, 9.17) is 21.9 Å². The zero-order valence-electron chi connectivity index (χ0n) is 9.41. The Labute approximate surface area is 113 Å². The van der Waals surface area contributed by atoms with Gasteiger partial charge in [0.1, 0.15) is 5.69 Å². The van der Waals surface area contributed by atoms with E-state index in [-0.39, 0.29) is 12.0 Å². The van der Waals surface area contributed by atoms with Crippen LogP contribution in [0.3, 0.4) is 0 Å². The first-order chi connectivity index (χ1) is 8.75. The van der Waals surface area contributed by atoms with E-state index in [1.807, 2.05) is 0 Å². The average molecular weight is 283 g/mol. The van der Waals surface area contributed by atoms with Gasteiger partial charge in [0.15, 0.2) is 0 Å². The lowest BCUT2D eigenvalue weighted by Crippen LogP contribution is -2.26. The van der Waals surface area contributed by atoms with E-state index in [1.165, 1.54) is 0 Å². The van der Waals surface area contributed by atoms with Crippen molar-refractivity contribution in [1.29, 1.82) is 0 Å². The van der Waals surface area contributed by atoms with E-state index in [2.05, 4.69) is 15.1 Å². The molecule has 5 nitrogen and oxygen atoms in total. The first-order valence-electron chi connectivity index (χ1n) is 5.53. The summed E-state index contributed by atoms with van der Waals surface area (Å²) in [5.41, 5.74) is 6.53. The quantitative estimate of drug-likeness (QED) is 0.907. The highest BCUT2D eigenvalue weighted by Crippen LogP contribution is 2.32. The molecule has 0 bridgehead atoms. The molecular formula is C11H11ClN4OS. The molecule has 0 aromatic carbocycles. The van der Waals surface area contributed by atoms with Crippen LogP contribution in [0.1, 0.15) is 11.8 Å². The molecule has 2 aromatic heterocycles. The highest BCUT2D eigenvalue weighted by molar-refractivity contribution is 7.99. The molecule has 3 rings (SSSR count). The van der Waals surface area contributed by atoms with E-state index < -0.39 is 0 Å². The summed E-state index contributed by atoms with van der Waals surface area (Å²) in [5.74, 6) is 2.95. The smallest absolute Gasteiger partial charge is 0.232 e. The van der Waals surface area contributed by atoms with Crippen molar-refractivity contribution in [3.63, 3.8) is 0 Å². The van der Waals surface area contributed by atoms with Crippen LogP contribution in [0.4, 0.5) is 0 Å². The van der Waals surface area contributed by atoms with Crippen LogP contribution in [-0.4, -0.2) is 32.7 Å². The van der Waals surface area contributed by atoms with Crippen LogP contribution in [0.15, 0.2) is 22.9 Å². The summed E-state index contributed by atoms with van der Waals surface area (Å²) < 4.78 is 5.28. The Morgan fingerprint density at radius 3 is 3.06 bits per heavy atom. The lowest BCUT2D eigenvalue weighted by Gasteiger charge is -2.07. The number of rotatable bonds is 2. The van der Waals surface area contributed by atoms with Crippen molar-refractivity contribution in [2.45, 2.75) is 12.0 Å². The van der Waals surface area contributed by atoms with Gasteiger partial charge in [-0.3, -0.25) is 4.98 Å². The second-order valence-corrected chi connectivity index (χ2v) is 5.58. The third-order valence-electron chi connectivity index (χ3n) is 2.85. The van der Waals surface area contributed by atoms with E-state index in [1.54, 1.807) is 30.1 Å². The van der Waals surface area contributed by atoms with Crippen LogP contribution in [0.2, 0.25) is 5.02 Å². The third-order valence-corrected chi connectivity index (χ3v) is 4.37. The van der Waals surface area contributed by atoms with E-state index in [0.717, 1.165) is 11.5 Å². The molecule has 1 fully saturated rings. The number of pyridine rings is 1. The lowest BCUT2D eigenvalue weighted by atomic mass is 10.1. The zero-order chi connectivity index (χ0) is 12.5. The second kappa shape index (κ2) is 4.87. The van der Waals surface area contributed by atoms with Gasteiger partial charge in [-0.15, -0.1) is 0 Å². The summed E-state index contributed by atoms with van der Waals surface area (Å²) in [6.45, 7) is 0. The SMILES string of the molecule is NC1CSCC1c1nc(-c2ncccc2Cl)no1. The Morgan fingerprint density at radius 1 is 1.44 bits per heavy atom. The largest absolute Gasteiger partial charge is 0.339 e. The molecule has 2 aromatic rings. The van der Waals surface area contributed by atoms with Gasteiger partial charge in [0.05, 0.1) is 10.9 Å². The molecular weight excluding hydrogens is 272 g/mol. The Kier molecular flexibility index (Phi) is 3.23. The van der Waals surface area contributed by atoms with Crippen molar-refractivity contribution in [2.24, 2.45) is 5.73 Å². The first-order valence-corrected chi connectivity index (χ1v) is 7.07. The monoisotopic (exact) mass is 282 g/mol. The number of aromatic nitrogens is 3. The van der Waals surface area contributed by atoms with Crippen molar-refractivity contribution in [2.75, 3.05) is 11.5 Å². The number of nitrogens with two attached hydrogens (primary N) is 1. The van der Waals surface area contributed by atoms with Crippen LogP contribution in [0, 0.1) is 0 Å². The Balaban J connectivity index is 1.92. The van der Waals surface area contributed by atoms with Crippen LogP contribution in [0.25, 0.3) is 11.5 Å². The summed E-state index contributed by atoms with van der Waals surface area (Å²) in [4.78, 5) is 8.51. The summed E-state index contributed by atoms with van der Waals surface area (Å²) >= 11 is 7.84. The van der Waals surface area contributed by atoms with Gasteiger partial charge < -0.3 is 10.3 Å². The van der Waals surface area contributed by atoms with E-state index >= 15 is 0 Å². The van der Waals surface area contributed by atoms with Gasteiger partial charge >= 0.3 is 0 Å². The van der Waals surface area contributed by atoms with Gasteiger partial charge in [0.25, 0.3) is 0 Å². The van der Waals surface area contributed by atoms with Crippen molar-refractivity contribution in [3.8, 4) is 11.5 Å². The van der Waals surface area contributed by atoms with Gasteiger partial charge in [0.2, 0.25) is 11.7 Å². The first kappa shape index (κ1) is 12.0. The predicted octanol–water partition coefficient (Wildman–Crippen LogP) is 1.94. The molecule has 3 heterocycles. The second-order valence-electron chi connectivity index (χ2n) is 4.10. The minimum Gasteiger partial charge on any atom is -0.339 e. The summed E-state index contributed by atoms with van der Waals surface area (Å²) in [6, 6.07) is 3.58. The normalized spacial score (nSPS) is 23.4. The number of hydrogen-bond acceptors (Lipinski definition) is 6. The molecule has 1 saturated heterocycles. The Bertz CT molecular complexity index is 561. The van der Waals surface area contributed by atoms with Crippen LogP contribution in [0.5, 0.6) is 0 Å². The molecule has 1 aliphatic rings.